The van der Waals surface area contributed by atoms with Crippen LogP contribution in [0.3, 0.4) is 0 Å². The molecule has 0 radical (unpaired) electrons. The minimum Gasteiger partial charge on any atom is -0.492 e. The smallest absolute Gasteiger partial charge is 0.217 e. The third kappa shape index (κ3) is 5.17. The first-order valence-electron chi connectivity index (χ1n) is 8.36. The zero-order valence-corrected chi connectivity index (χ0v) is 14.8. The Morgan fingerprint density at radius 1 is 1.08 bits per heavy atom. The Hall–Kier alpha value is -2.12. The van der Waals surface area contributed by atoms with Crippen LogP contribution in [-0.4, -0.2) is 49.3 Å². The van der Waals surface area contributed by atoms with Gasteiger partial charge in [0.25, 0.3) is 0 Å². The summed E-state index contributed by atoms with van der Waals surface area (Å²) in [6, 6.07) is 12.8. The summed E-state index contributed by atoms with van der Waals surface area (Å²) >= 11 is 0. The second-order valence-corrected chi connectivity index (χ2v) is 7.99. The van der Waals surface area contributed by atoms with Crippen LogP contribution in [0, 0.1) is 0 Å². The molecule has 1 aliphatic rings. The molecule has 1 atom stereocenters. The highest BCUT2D eigenvalue weighted by atomic mass is 32.2. The van der Waals surface area contributed by atoms with E-state index in [1.807, 2.05) is 30.3 Å². The van der Waals surface area contributed by atoms with Gasteiger partial charge in [0, 0.05) is 18.9 Å². The lowest BCUT2D eigenvalue weighted by Crippen LogP contribution is -2.45. The predicted molar refractivity (Wildman–Crippen MR) is 95.2 cm³/mol. The van der Waals surface area contributed by atoms with Crippen molar-refractivity contribution in [1.29, 1.82) is 0 Å². The summed E-state index contributed by atoms with van der Waals surface area (Å²) in [4.78, 5) is 3.95. The molecule has 0 aliphatic carbocycles. The van der Waals surface area contributed by atoms with Crippen LogP contribution >= 0.6 is 0 Å². The Balaban J connectivity index is 1.52. The molecule has 2 heterocycles. The molecule has 2 aromatic rings. The fraction of sp³-hybridized carbons (Fsp3) is 0.389. The van der Waals surface area contributed by atoms with E-state index in [2.05, 4.69) is 4.98 Å². The van der Waals surface area contributed by atoms with E-state index in [4.69, 9.17) is 9.47 Å². The fourth-order valence-electron chi connectivity index (χ4n) is 2.77. The number of ether oxygens (including phenoxy) is 2. The minimum atomic E-state index is -3.36. The normalized spacial score (nSPS) is 18.6. The van der Waals surface area contributed by atoms with E-state index < -0.39 is 10.0 Å². The number of hydrogen-bond acceptors (Lipinski definition) is 5. The molecule has 1 unspecified atom stereocenters. The Kier molecular flexibility index (Phi) is 5.88. The van der Waals surface area contributed by atoms with Crippen molar-refractivity contribution in [3.05, 3.63) is 54.9 Å². The molecule has 1 aromatic carbocycles. The average molecular weight is 362 g/mol. The van der Waals surface area contributed by atoms with Crippen molar-refractivity contribution in [3.8, 4) is 11.5 Å². The molecule has 25 heavy (non-hydrogen) atoms. The number of piperidine rings is 1. The van der Waals surface area contributed by atoms with Gasteiger partial charge >= 0.3 is 0 Å². The topological polar surface area (TPSA) is 68.7 Å². The number of pyridine rings is 1. The summed E-state index contributed by atoms with van der Waals surface area (Å²) in [7, 11) is -3.36. The van der Waals surface area contributed by atoms with Gasteiger partial charge in [-0.3, -0.25) is 4.98 Å². The molecule has 0 saturated carbocycles. The summed E-state index contributed by atoms with van der Waals surface area (Å²) in [6.07, 6.45) is 4.81. The van der Waals surface area contributed by atoms with Gasteiger partial charge in [-0.15, -0.1) is 0 Å². The fourth-order valence-corrected chi connectivity index (χ4v) is 4.13. The maximum atomic E-state index is 12.6. The van der Waals surface area contributed by atoms with E-state index in [-0.39, 0.29) is 18.5 Å². The number of sulfonamides is 1. The number of nitrogens with zero attached hydrogens (tertiary/aromatic N) is 2. The van der Waals surface area contributed by atoms with Crippen LogP contribution in [0.2, 0.25) is 0 Å². The lowest BCUT2D eigenvalue weighted by atomic mass is 10.1. The van der Waals surface area contributed by atoms with Crippen LogP contribution in [0.5, 0.6) is 11.5 Å². The maximum absolute atomic E-state index is 12.6. The predicted octanol–water partition coefficient (Wildman–Crippen LogP) is 2.33. The van der Waals surface area contributed by atoms with Crippen molar-refractivity contribution in [3.63, 3.8) is 0 Å². The summed E-state index contributed by atoms with van der Waals surface area (Å²) < 4.78 is 38.0. The van der Waals surface area contributed by atoms with Crippen molar-refractivity contribution < 1.29 is 17.9 Å². The Morgan fingerprint density at radius 3 is 2.60 bits per heavy atom. The number of rotatable bonds is 7. The van der Waals surface area contributed by atoms with Gasteiger partial charge in [0.2, 0.25) is 10.0 Å². The molecule has 1 aliphatic heterocycles. The quantitative estimate of drug-likeness (QED) is 0.756. The number of para-hydroxylation sites is 1. The largest absolute Gasteiger partial charge is 0.492 e. The number of aromatic nitrogens is 1. The molecule has 0 spiro atoms. The van der Waals surface area contributed by atoms with E-state index in [1.54, 1.807) is 24.5 Å². The van der Waals surface area contributed by atoms with Gasteiger partial charge in [-0.1, -0.05) is 18.2 Å². The SMILES string of the molecule is O=S(=O)(CCOc1ccccc1)N1CCCC(Oc2ccncc2)C1. The highest BCUT2D eigenvalue weighted by molar-refractivity contribution is 7.89. The zero-order valence-electron chi connectivity index (χ0n) is 14.0. The number of hydrogen-bond donors (Lipinski definition) is 0. The van der Waals surface area contributed by atoms with Crippen LogP contribution in [-0.2, 0) is 10.0 Å². The second-order valence-electron chi connectivity index (χ2n) is 5.90. The van der Waals surface area contributed by atoms with Gasteiger partial charge < -0.3 is 9.47 Å². The Bertz CT molecular complexity index is 753. The average Bonchev–Trinajstić information content (AvgIpc) is 2.64. The van der Waals surface area contributed by atoms with Crippen molar-refractivity contribution in [2.45, 2.75) is 18.9 Å². The molecule has 1 saturated heterocycles. The van der Waals surface area contributed by atoms with E-state index in [0.717, 1.165) is 12.8 Å². The third-order valence-electron chi connectivity index (χ3n) is 4.04. The van der Waals surface area contributed by atoms with E-state index >= 15 is 0 Å². The van der Waals surface area contributed by atoms with Crippen molar-refractivity contribution >= 4 is 10.0 Å². The summed E-state index contributed by atoms with van der Waals surface area (Å²) in [5.41, 5.74) is 0. The number of benzene rings is 1. The molecule has 1 aromatic heterocycles. The van der Waals surface area contributed by atoms with Crippen LogP contribution < -0.4 is 9.47 Å². The lowest BCUT2D eigenvalue weighted by Gasteiger charge is -2.32. The molecular formula is C18H22N2O4S. The minimum absolute atomic E-state index is 0.0378. The summed E-state index contributed by atoms with van der Waals surface area (Å²) in [5.74, 6) is 1.35. The molecule has 0 amide bonds. The van der Waals surface area contributed by atoms with Crippen molar-refractivity contribution in [2.75, 3.05) is 25.4 Å². The molecule has 7 heteroatoms. The monoisotopic (exact) mass is 362 g/mol. The molecule has 134 valence electrons. The standard InChI is InChI=1S/C18H22N2O4S/c21-25(22,14-13-23-16-5-2-1-3-6-16)20-12-4-7-18(15-20)24-17-8-10-19-11-9-17/h1-3,5-6,8-11,18H,4,7,12-15H2. The van der Waals surface area contributed by atoms with Gasteiger partial charge in [0.1, 0.15) is 24.2 Å². The first kappa shape index (κ1) is 17.7. The molecule has 3 rings (SSSR count). The Labute approximate surface area is 148 Å². The van der Waals surface area contributed by atoms with E-state index in [0.29, 0.717) is 24.6 Å². The van der Waals surface area contributed by atoms with Crippen LogP contribution in [0.4, 0.5) is 0 Å². The molecule has 0 bridgehead atoms. The van der Waals surface area contributed by atoms with E-state index in [1.165, 1.54) is 4.31 Å². The molecular weight excluding hydrogens is 340 g/mol. The molecule has 6 nitrogen and oxygen atoms in total. The highest BCUT2D eigenvalue weighted by Gasteiger charge is 2.29. The highest BCUT2D eigenvalue weighted by Crippen LogP contribution is 2.20. The van der Waals surface area contributed by atoms with E-state index in [9.17, 15) is 8.42 Å². The van der Waals surface area contributed by atoms with Gasteiger partial charge in [-0.2, -0.15) is 4.31 Å². The molecule has 0 N–H and O–H groups in total. The van der Waals surface area contributed by atoms with Gasteiger partial charge in [-0.25, -0.2) is 8.42 Å². The summed E-state index contributed by atoms with van der Waals surface area (Å²) in [6.45, 7) is 1.04. The van der Waals surface area contributed by atoms with Crippen LogP contribution in [0.1, 0.15) is 12.8 Å². The first-order chi connectivity index (χ1) is 12.1. The second kappa shape index (κ2) is 8.31. The Morgan fingerprint density at radius 2 is 1.84 bits per heavy atom. The molecule has 1 fully saturated rings. The zero-order chi connectivity index (χ0) is 17.5. The van der Waals surface area contributed by atoms with Gasteiger partial charge in [0.15, 0.2) is 0 Å². The van der Waals surface area contributed by atoms with Crippen LogP contribution in [0.15, 0.2) is 54.9 Å². The van der Waals surface area contributed by atoms with Crippen molar-refractivity contribution in [1.82, 2.24) is 9.29 Å². The lowest BCUT2D eigenvalue weighted by molar-refractivity contribution is 0.129. The first-order valence-corrected chi connectivity index (χ1v) is 9.97. The summed E-state index contributed by atoms with van der Waals surface area (Å²) in [5, 5.41) is 0. The van der Waals surface area contributed by atoms with Crippen molar-refractivity contribution in [2.24, 2.45) is 0 Å². The van der Waals surface area contributed by atoms with Gasteiger partial charge in [0.05, 0.1) is 12.3 Å². The third-order valence-corrected chi connectivity index (χ3v) is 5.84. The van der Waals surface area contributed by atoms with Crippen LogP contribution in [0.25, 0.3) is 0 Å². The maximum Gasteiger partial charge on any atom is 0.217 e. The van der Waals surface area contributed by atoms with Gasteiger partial charge in [-0.05, 0) is 37.1 Å².